The number of aryl methyl sites for hydroxylation is 2. The number of nitrogens with two attached hydrogens (primary N) is 1. The van der Waals surface area contributed by atoms with Gasteiger partial charge in [-0.05, 0) is 50.2 Å². The Hall–Kier alpha value is -0.910. The molecule has 0 aromatic carbocycles. The lowest BCUT2D eigenvalue weighted by Crippen LogP contribution is -2.72. The summed E-state index contributed by atoms with van der Waals surface area (Å²) in [5.41, 5.74) is 7.59. The first kappa shape index (κ1) is 13.7. The van der Waals surface area contributed by atoms with E-state index in [1.54, 1.807) is 11.3 Å². The summed E-state index contributed by atoms with van der Waals surface area (Å²) in [6.07, 6.45) is 7.10. The van der Waals surface area contributed by atoms with Crippen LogP contribution in [0.15, 0.2) is 6.07 Å². The predicted octanol–water partition coefficient (Wildman–Crippen LogP) is 1.86. The predicted molar refractivity (Wildman–Crippen MR) is 82.7 cm³/mol. The number of hydrogen-bond acceptors (Lipinski definition) is 4. The van der Waals surface area contributed by atoms with Gasteiger partial charge in [-0.15, -0.1) is 11.3 Å². The van der Waals surface area contributed by atoms with E-state index >= 15 is 0 Å². The highest BCUT2D eigenvalue weighted by atomic mass is 32.1. The van der Waals surface area contributed by atoms with E-state index in [1.165, 1.54) is 23.3 Å². The largest absolute Gasteiger partial charge is 0.376 e. The van der Waals surface area contributed by atoms with Crippen LogP contribution in [0, 0.1) is 5.92 Å². The minimum atomic E-state index is -0.0121. The monoisotopic (exact) mass is 306 g/mol. The molecule has 4 rings (SSSR count). The van der Waals surface area contributed by atoms with Crippen molar-refractivity contribution in [1.82, 2.24) is 5.32 Å². The second-order valence-electron chi connectivity index (χ2n) is 6.48. The van der Waals surface area contributed by atoms with Gasteiger partial charge >= 0.3 is 0 Å². The lowest BCUT2D eigenvalue weighted by molar-refractivity contribution is -0.117. The van der Waals surface area contributed by atoms with Crippen molar-refractivity contribution in [2.75, 3.05) is 6.61 Å². The zero-order valence-corrected chi connectivity index (χ0v) is 13.0. The minimum Gasteiger partial charge on any atom is -0.376 e. The van der Waals surface area contributed by atoms with Gasteiger partial charge in [-0.1, -0.05) is 0 Å². The van der Waals surface area contributed by atoms with Crippen LogP contribution in [0.2, 0.25) is 0 Å². The van der Waals surface area contributed by atoms with Gasteiger partial charge in [-0.2, -0.15) is 0 Å². The van der Waals surface area contributed by atoms with E-state index < -0.39 is 0 Å². The van der Waals surface area contributed by atoms with Gasteiger partial charge in [0.05, 0.1) is 17.0 Å². The maximum absolute atomic E-state index is 12.5. The van der Waals surface area contributed by atoms with Crippen LogP contribution in [0.3, 0.4) is 0 Å². The Bertz CT molecular complexity index is 533. The van der Waals surface area contributed by atoms with Crippen LogP contribution >= 0.6 is 11.3 Å². The fraction of sp³-hybridized carbons (Fsp3) is 0.688. The summed E-state index contributed by atoms with van der Waals surface area (Å²) in [4.78, 5) is 14.7. The van der Waals surface area contributed by atoms with E-state index in [2.05, 4.69) is 11.4 Å². The Morgan fingerprint density at radius 2 is 2.19 bits per heavy atom. The second kappa shape index (κ2) is 5.38. The lowest BCUT2D eigenvalue weighted by Gasteiger charge is -2.52. The number of hydrogen-bond donors (Lipinski definition) is 2. The van der Waals surface area contributed by atoms with E-state index in [0.717, 1.165) is 37.2 Å². The van der Waals surface area contributed by atoms with Gasteiger partial charge in [0.25, 0.3) is 5.91 Å². The molecule has 2 fully saturated rings. The van der Waals surface area contributed by atoms with Crippen molar-refractivity contribution in [3.8, 4) is 0 Å². The molecule has 1 aromatic rings. The van der Waals surface area contributed by atoms with Gasteiger partial charge in [-0.3, -0.25) is 4.79 Å². The third-order valence-electron chi connectivity index (χ3n) is 5.20. The highest BCUT2D eigenvalue weighted by molar-refractivity contribution is 7.14. The number of rotatable bonds is 2. The molecule has 1 saturated heterocycles. The molecule has 1 aliphatic heterocycles. The fourth-order valence-electron chi connectivity index (χ4n) is 3.95. The summed E-state index contributed by atoms with van der Waals surface area (Å²) in [7, 11) is 0. The zero-order valence-electron chi connectivity index (χ0n) is 12.1. The van der Waals surface area contributed by atoms with Crippen LogP contribution < -0.4 is 11.1 Å². The molecular weight excluding hydrogens is 284 g/mol. The lowest BCUT2D eigenvalue weighted by atomic mass is 9.68. The zero-order chi connectivity index (χ0) is 14.4. The average molecular weight is 306 g/mol. The SMILES string of the molecule is NC1C2CCCOC2C1NC(=O)c1cc2c(s1)CCCC2. The number of carbonyl (C=O) groups is 1. The van der Waals surface area contributed by atoms with E-state index in [9.17, 15) is 4.79 Å². The third-order valence-corrected chi connectivity index (χ3v) is 6.43. The third kappa shape index (κ3) is 2.31. The summed E-state index contributed by atoms with van der Waals surface area (Å²) in [6.45, 7) is 0.799. The quantitative estimate of drug-likeness (QED) is 0.876. The van der Waals surface area contributed by atoms with Crippen molar-refractivity contribution in [1.29, 1.82) is 0 Å². The molecule has 4 atom stereocenters. The van der Waals surface area contributed by atoms with Crippen LogP contribution in [0.25, 0.3) is 0 Å². The maximum Gasteiger partial charge on any atom is 0.261 e. The molecule has 4 nitrogen and oxygen atoms in total. The summed E-state index contributed by atoms with van der Waals surface area (Å²) >= 11 is 1.66. The normalized spacial score (nSPS) is 34.5. The summed E-state index contributed by atoms with van der Waals surface area (Å²) in [5, 5.41) is 3.11. The van der Waals surface area contributed by atoms with Crippen LogP contribution in [-0.4, -0.2) is 30.7 Å². The first-order valence-corrected chi connectivity index (χ1v) is 8.85. The highest BCUT2D eigenvalue weighted by Crippen LogP contribution is 2.37. The van der Waals surface area contributed by atoms with Crippen LogP contribution in [0.1, 0.15) is 45.8 Å². The first-order valence-electron chi connectivity index (χ1n) is 8.03. The van der Waals surface area contributed by atoms with Crippen molar-refractivity contribution < 1.29 is 9.53 Å². The summed E-state index contributed by atoms with van der Waals surface area (Å²) < 4.78 is 5.79. The summed E-state index contributed by atoms with van der Waals surface area (Å²) in [5.74, 6) is 0.461. The smallest absolute Gasteiger partial charge is 0.261 e. The van der Waals surface area contributed by atoms with E-state index in [1.807, 2.05) is 0 Å². The minimum absolute atomic E-state index is 0.0121. The highest BCUT2D eigenvalue weighted by Gasteiger charge is 2.51. The molecular formula is C16H22N2O2S. The number of thiophene rings is 1. The standard InChI is InChI=1S/C16H22N2O2S/c17-13-10-5-3-7-20-15(10)14(13)18-16(19)12-8-9-4-1-2-6-11(9)21-12/h8,10,13-15H,1-7,17H2,(H,18,19). The Balaban J connectivity index is 1.45. The molecule has 2 aliphatic carbocycles. The maximum atomic E-state index is 12.5. The molecule has 3 aliphatic rings. The number of fused-ring (bicyclic) bond motifs is 2. The molecule has 21 heavy (non-hydrogen) atoms. The molecule has 0 bridgehead atoms. The number of carbonyl (C=O) groups excluding carboxylic acids is 1. The van der Waals surface area contributed by atoms with Crippen molar-refractivity contribution in [3.63, 3.8) is 0 Å². The van der Waals surface area contributed by atoms with E-state index in [-0.39, 0.29) is 24.1 Å². The Morgan fingerprint density at radius 3 is 3.05 bits per heavy atom. The van der Waals surface area contributed by atoms with Crippen LogP contribution in [0.4, 0.5) is 0 Å². The molecule has 0 spiro atoms. The van der Waals surface area contributed by atoms with Gasteiger partial charge in [0, 0.05) is 23.4 Å². The second-order valence-corrected chi connectivity index (χ2v) is 7.62. The number of amides is 1. The topological polar surface area (TPSA) is 64.3 Å². The molecule has 0 radical (unpaired) electrons. The van der Waals surface area contributed by atoms with Crippen molar-refractivity contribution in [2.24, 2.45) is 11.7 Å². The molecule has 2 heterocycles. The van der Waals surface area contributed by atoms with Crippen LogP contribution in [0.5, 0.6) is 0 Å². The van der Waals surface area contributed by atoms with E-state index in [4.69, 9.17) is 10.5 Å². The summed E-state index contributed by atoms with van der Waals surface area (Å²) in [6, 6.07) is 2.12. The van der Waals surface area contributed by atoms with Gasteiger partial charge in [0.15, 0.2) is 0 Å². The van der Waals surface area contributed by atoms with Gasteiger partial charge < -0.3 is 15.8 Å². The van der Waals surface area contributed by atoms with Crippen molar-refractivity contribution in [2.45, 2.75) is 56.7 Å². The van der Waals surface area contributed by atoms with E-state index in [0.29, 0.717) is 5.92 Å². The average Bonchev–Trinajstić information content (AvgIpc) is 2.96. The molecule has 114 valence electrons. The molecule has 4 unspecified atom stereocenters. The van der Waals surface area contributed by atoms with Gasteiger partial charge in [0.2, 0.25) is 0 Å². The molecule has 1 amide bonds. The first-order chi connectivity index (χ1) is 10.2. The fourth-order valence-corrected chi connectivity index (χ4v) is 5.11. The number of nitrogens with one attached hydrogen (secondary N) is 1. The van der Waals surface area contributed by atoms with Gasteiger partial charge in [-0.25, -0.2) is 0 Å². The molecule has 1 aromatic heterocycles. The molecule has 5 heteroatoms. The molecule has 1 saturated carbocycles. The van der Waals surface area contributed by atoms with Crippen LogP contribution in [-0.2, 0) is 17.6 Å². The number of ether oxygens (including phenoxy) is 1. The molecule has 3 N–H and O–H groups in total. The van der Waals surface area contributed by atoms with Gasteiger partial charge in [0.1, 0.15) is 0 Å². The Morgan fingerprint density at radius 1 is 1.33 bits per heavy atom. The Labute approximate surface area is 129 Å². The van der Waals surface area contributed by atoms with Crippen molar-refractivity contribution >= 4 is 17.2 Å². The Kier molecular flexibility index (Phi) is 3.52. The van der Waals surface area contributed by atoms with Crippen molar-refractivity contribution in [3.05, 3.63) is 21.4 Å².